The Morgan fingerprint density at radius 2 is 2.00 bits per heavy atom. The molecule has 1 fully saturated rings. The second-order valence-electron chi connectivity index (χ2n) is 5.38. The van der Waals surface area contributed by atoms with Crippen LogP contribution in [0.1, 0.15) is 60.7 Å². The van der Waals surface area contributed by atoms with E-state index < -0.39 is 5.91 Å². The molecule has 19 heavy (non-hydrogen) atoms. The summed E-state index contributed by atoms with van der Waals surface area (Å²) in [7, 11) is 0. The average molecular weight is 280 g/mol. The van der Waals surface area contributed by atoms with Gasteiger partial charge in [0.1, 0.15) is 5.00 Å². The highest BCUT2D eigenvalue weighted by molar-refractivity contribution is 7.16. The summed E-state index contributed by atoms with van der Waals surface area (Å²) >= 11 is 1.45. The second kappa shape index (κ2) is 5.74. The molecule has 1 aromatic heterocycles. The molecule has 5 heteroatoms. The molecule has 1 saturated carbocycles. The SMILES string of the molecule is CC(C)c1cc(C(N)=O)c(NC(=O)C2CCCC2)s1. The lowest BCUT2D eigenvalue weighted by Gasteiger charge is -2.09. The standard InChI is InChI=1S/C14H20N2O2S/c1-8(2)11-7-10(12(15)17)14(19-11)16-13(18)9-5-3-4-6-9/h7-9H,3-6H2,1-2H3,(H2,15,17)(H,16,18). The Hall–Kier alpha value is -1.36. The van der Waals surface area contributed by atoms with Crippen molar-refractivity contribution >= 4 is 28.2 Å². The van der Waals surface area contributed by atoms with Crippen LogP contribution in [0, 0.1) is 5.92 Å². The highest BCUT2D eigenvalue weighted by Crippen LogP contribution is 2.34. The predicted molar refractivity (Wildman–Crippen MR) is 77.5 cm³/mol. The van der Waals surface area contributed by atoms with Crippen LogP contribution in [0.15, 0.2) is 6.07 Å². The molecule has 0 saturated heterocycles. The van der Waals surface area contributed by atoms with Gasteiger partial charge in [-0.2, -0.15) is 0 Å². The minimum Gasteiger partial charge on any atom is -0.366 e. The van der Waals surface area contributed by atoms with Gasteiger partial charge in [0.15, 0.2) is 0 Å². The summed E-state index contributed by atoms with van der Waals surface area (Å²) in [4.78, 5) is 24.6. The van der Waals surface area contributed by atoms with Crippen molar-refractivity contribution in [1.29, 1.82) is 0 Å². The van der Waals surface area contributed by atoms with Gasteiger partial charge in [0.05, 0.1) is 5.56 Å². The molecule has 1 heterocycles. The zero-order valence-corrected chi connectivity index (χ0v) is 12.2. The van der Waals surface area contributed by atoms with Crippen LogP contribution in [-0.4, -0.2) is 11.8 Å². The van der Waals surface area contributed by atoms with Crippen LogP contribution in [0.5, 0.6) is 0 Å². The lowest BCUT2D eigenvalue weighted by atomic mass is 10.1. The number of nitrogens with two attached hydrogens (primary N) is 1. The van der Waals surface area contributed by atoms with Gasteiger partial charge in [-0.15, -0.1) is 11.3 Å². The zero-order valence-electron chi connectivity index (χ0n) is 11.4. The van der Waals surface area contributed by atoms with Crippen molar-refractivity contribution < 1.29 is 9.59 Å². The zero-order chi connectivity index (χ0) is 14.0. The molecule has 4 nitrogen and oxygen atoms in total. The summed E-state index contributed by atoms with van der Waals surface area (Å²) in [6.07, 6.45) is 4.12. The molecule has 2 rings (SSSR count). The van der Waals surface area contributed by atoms with Crippen LogP contribution in [-0.2, 0) is 4.79 Å². The Labute approximate surface area is 117 Å². The molecule has 0 spiro atoms. The van der Waals surface area contributed by atoms with Gasteiger partial charge in [-0.05, 0) is 24.8 Å². The molecule has 2 amide bonds. The second-order valence-corrected chi connectivity index (χ2v) is 6.46. The van der Waals surface area contributed by atoms with E-state index in [4.69, 9.17) is 5.73 Å². The fourth-order valence-electron chi connectivity index (χ4n) is 2.37. The fraction of sp³-hybridized carbons (Fsp3) is 0.571. The van der Waals surface area contributed by atoms with E-state index in [2.05, 4.69) is 19.2 Å². The Morgan fingerprint density at radius 3 is 2.53 bits per heavy atom. The quantitative estimate of drug-likeness (QED) is 0.889. The Balaban J connectivity index is 2.18. The van der Waals surface area contributed by atoms with E-state index in [-0.39, 0.29) is 11.8 Å². The number of carbonyl (C=O) groups is 2. The van der Waals surface area contributed by atoms with Gasteiger partial charge < -0.3 is 11.1 Å². The Bertz CT molecular complexity index is 488. The molecule has 1 aromatic rings. The van der Waals surface area contributed by atoms with Crippen LogP contribution in [0.25, 0.3) is 0 Å². The Kier molecular flexibility index (Phi) is 4.24. The minimum atomic E-state index is -0.482. The molecular weight excluding hydrogens is 260 g/mol. The highest BCUT2D eigenvalue weighted by Gasteiger charge is 2.25. The van der Waals surface area contributed by atoms with Crippen LogP contribution in [0.4, 0.5) is 5.00 Å². The number of nitrogens with one attached hydrogen (secondary N) is 1. The first-order valence-electron chi connectivity index (χ1n) is 6.73. The van der Waals surface area contributed by atoms with E-state index in [1.165, 1.54) is 11.3 Å². The third-order valence-corrected chi connectivity index (χ3v) is 4.90. The predicted octanol–water partition coefficient (Wildman–Crippen LogP) is 3.10. The molecule has 0 aliphatic heterocycles. The van der Waals surface area contributed by atoms with Gasteiger partial charge >= 0.3 is 0 Å². The topological polar surface area (TPSA) is 72.2 Å². The number of hydrogen-bond acceptors (Lipinski definition) is 3. The number of rotatable bonds is 4. The first kappa shape index (κ1) is 14.1. The number of thiophene rings is 1. The van der Waals surface area contributed by atoms with Crippen molar-refractivity contribution in [3.63, 3.8) is 0 Å². The van der Waals surface area contributed by atoms with E-state index in [0.29, 0.717) is 16.5 Å². The normalized spacial score (nSPS) is 15.9. The minimum absolute atomic E-state index is 0.0251. The fourth-order valence-corrected chi connectivity index (χ4v) is 3.44. The maximum Gasteiger partial charge on any atom is 0.251 e. The number of amides is 2. The van der Waals surface area contributed by atoms with Crippen molar-refractivity contribution in [3.05, 3.63) is 16.5 Å². The molecule has 0 unspecified atom stereocenters. The van der Waals surface area contributed by atoms with Gasteiger partial charge in [-0.3, -0.25) is 9.59 Å². The van der Waals surface area contributed by atoms with Crippen molar-refractivity contribution in [2.45, 2.75) is 45.4 Å². The van der Waals surface area contributed by atoms with Crippen molar-refractivity contribution in [2.24, 2.45) is 11.7 Å². The van der Waals surface area contributed by atoms with E-state index >= 15 is 0 Å². The summed E-state index contributed by atoms with van der Waals surface area (Å²) in [5.74, 6) is -0.0485. The molecule has 104 valence electrons. The van der Waals surface area contributed by atoms with E-state index in [1.54, 1.807) is 6.07 Å². The first-order chi connectivity index (χ1) is 8.99. The van der Waals surface area contributed by atoms with Gasteiger partial charge in [-0.25, -0.2) is 0 Å². The summed E-state index contributed by atoms with van der Waals surface area (Å²) in [6.45, 7) is 4.11. The molecular formula is C14H20N2O2S. The lowest BCUT2D eigenvalue weighted by molar-refractivity contribution is -0.119. The number of hydrogen-bond donors (Lipinski definition) is 2. The number of primary amides is 1. The van der Waals surface area contributed by atoms with E-state index in [0.717, 1.165) is 30.6 Å². The van der Waals surface area contributed by atoms with E-state index in [1.807, 2.05) is 0 Å². The van der Waals surface area contributed by atoms with Crippen molar-refractivity contribution in [2.75, 3.05) is 5.32 Å². The first-order valence-corrected chi connectivity index (χ1v) is 7.55. The largest absolute Gasteiger partial charge is 0.366 e. The summed E-state index contributed by atoms with van der Waals surface area (Å²) < 4.78 is 0. The van der Waals surface area contributed by atoms with Gasteiger partial charge in [0.25, 0.3) is 5.91 Å². The summed E-state index contributed by atoms with van der Waals surface area (Å²) in [5.41, 5.74) is 5.80. The smallest absolute Gasteiger partial charge is 0.251 e. The third kappa shape index (κ3) is 3.15. The molecule has 1 aliphatic rings. The van der Waals surface area contributed by atoms with Gasteiger partial charge in [0, 0.05) is 10.8 Å². The van der Waals surface area contributed by atoms with Crippen LogP contribution >= 0.6 is 11.3 Å². The average Bonchev–Trinajstić information content (AvgIpc) is 2.97. The molecule has 0 atom stereocenters. The van der Waals surface area contributed by atoms with Crippen LogP contribution in [0.3, 0.4) is 0 Å². The number of carbonyl (C=O) groups excluding carboxylic acids is 2. The maximum atomic E-state index is 12.1. The van der Waals surface area contributed by atoms with Crippen LogP contribution < -0.4 is 11.1 Å². The van der Waals surface area contributed by atoms with Crippen molar-refractivity contribution in [3.8, 4) is 0 Å². The molecule has 0 radical (unpaired) electrons. The number of anilines is 1. The molecule has 3 N–H and O–H groups in total. The van der Waals surface area contributed by atoms with Gasteiger partial charge in [0.2, 0.25) is 5.91 Å². The third-order valence-electron chi connectivity index (χ3n) is 3.55. The molecule has 1 aliphatic carbocycles. The summed E-state index contributed by atoms with van der Waals surface area (Å²) in [6, 6.07) is 1.79. The Morgan fingerprint density at radius 1 is 1.37 bits per heavy atom. The monoisotopic (exact) mass is 280 g/mol. The van der Waals surface area contributed by atoms with Gasteiger partial charge in [-0.1, -0.05) is 26.7 Å². The maximum absolute atomic E-state index is 12.1. The highest BCUT2D eigenvalue weighted by atomic mass is 32.1. The lowest BCUT2D eigenvalue weighted by Crippen LogP contribution is -2.21. The summed E-state index contributed by atoms with van der Waals surface area (Å²) in [5, 5.41) is 3.49. The van der Waals surface area contributed by atoms with E-state index in [9.17, 15) is 9.59 Å². The molecule has 0 aromatic carbocycles. The van der Waals surface area contributed by atoms with Crippen molar-refractivity contribution in [1.82, 2.24) is 0 Å². The molecule has 0 bridgehead atoms. The van der Waals surface area contributed by atoms with Crippen LogP contribution in [0.2, 0.25) is 0 Å².